The van der Waals surface area contributed by atoms with Crippen molar-refractivity contribution in [3.05, 3.63) is 40.4 Å². The second-order valence-corrected chi connectivity index (χ2v) is 5.10. The average Bonchev–Trinajstić information content (AvgIpc) is 2.39. The average molecular weight is 282 g/mol. The molecule has 1 atom stereocenters. The molecule has 1 aromatic carbocycles. The minimum absolute atomic E-state index is 0.238. The molecule has 3 nitrogen and oxygen atoms in total. The Balaban J connectivity index is 2.16. The van der Waals surface area contributed by atoms with E-state index in [0.717, 1.165) is 0 Å². The maximum Gasteiger partial charge on any atom is 0.389 e. The molecule has 20 heavy (non-hydrogen) atoms. The molecule has 0 fully saturated rings. The molecule has 0 saturated heterocycles. The number of rotatable bonds is 1. The van der Waals surface area contributed by atoms with Gasteiger partial charge in [0.2, 0.25) is 0 Å². The number of nitrogens with zero attached hydrogens (tertiary/aromatic N) is 2. The highest BCUT2D eigenvalue weighted by atomic mass is 19.4. The molecule has 3 rings (SSSR count). The minimum Gasteiger partial charge on any atom is -0.296 e. The lowest BCUT2D eigenvalue weighted by atomic mass is 9.94. The molecule has 0 spiro atoms. The summed E-state index contributed by atoms with van der Waals surface area (Å²) in [5.41, 5.74) is 0.232. The highest BCUT2D eigenvalue weighted by Crippen LogP contribution is 2.35. The molecule has 0 radical (unpaired) electrons. The van der Waals surface area contributed by atoms with E-state index in [1.165, 1.54) is 4.57 Å². The molecular weight excluding hydrogens is 269 g/mol. The van der Waals surface area contributed by atoms with E-state index in [4.69, 9.17) is 0 Å². The van der Waals surface area contributed by atoms with E-state index < -0.39 is 18.5 Å². The van der Waals surface area contributed by atoms with Crippen LogP contribution in [0.3, 0.4) is 0 Å². The Kier molecular flexibility index (Phi) is 3.03. The van der Waals surface area contributed by atoms with Crippen LogP contribution < -0.4 is 5.56 Å². The molecule has 0 N–H and O–H groups in total. The summed E-state index contributed by atoms with van der Waals surface area (Å²) in [4.78, 5) is 16.6. The fraction of sp³-hybridized carbons (Fsp3) is 0.429. The van der Waals surface area contributed by atoms with Gasteiger partial charge in [0.05, 0.1) is 17.3 Å². The van der Waals surface area contributed by atoms with Gasteiger partial charge in [-0.1, -0.05) is 12.1 Å². The Morgan fingerprint density at radius 2 is 2.05 bits per heavy atom. The molecule has 6 heteroatoms. The molecule has 0 bridgehead atoms. The van der Waals surface area contributed by atoms with Gasteiger partial charge in [-0.15, -0.1) is 0 Å². The van der Waals surface area contributed by atoms with E-state index in [1.54, 1.807) is 24.3 Å². The van der Waals surface area contributed by atoms with Crippen LogP contribution in [0.1, 0.15) is 31.0 Å². The lowest BCUT2D eigenvalue weighted by Gasteiger charge is -2.26. The predicted octanol–water partition coefficient (Wildman–Crippen LogP) is 3.23. The largest absolute Gasteiger partial charge is 0.389 e. The lowest BCUT2D eigenvalue weighted by Crippen LogP contribution is -2.32. The summed E-state index contributed by atoms with van der Waals surface area (Å²) >= 11 is 0. The van der Waals surface area contributed by atoms with Crippen LogP contribution in [0.25, 0.3) is 10.9 Å². The Morgan fingerprint density at radius 1 is 1.30 bits per heavy atom. The van der Waals surface area contributed by atoms with E-state index in [2.05, 4.69) is 4.98 Å². The summed E-state index contributed by atoms with van der Waals surface area (Å²) in [6, 6.07) is 6.78. The first-order valence-corrected chi connectivity index (χ1v) is 6.52. The molecule has 2 aromatic rings. The molecule has 0 aliphatic carbocycles. The summed E-state index contributed by atoms with van der Waals surface area (Å²) in [7, 11) is 0. The van der Waals surface area contributed by atoms with Crippen LogP contribution in [0, 0.1) is 0 Å². The monoisotopic (exact) mass is 282 g/mol. The van der Waals surface area contributed by atoms with E-state index in [0.29, 0.717) is 30.3 Å². The van der Waals surface area contributed by atoms with Crippen molar-refractivity contribution in [2.45, 2.75) is 37.9 Å². The Morgan fingerprint density at radius 3 is 2.80 bits per heavy atom. The molecule has 1 unspecified atom stereocenters. The zero-order chi connectivity index (χ0) is 14.3. The van der Waals surface area contributed by atoms with Gasteiger partial charge in [0.15, 0.2) is 0 Å². The third kappa shape index (κ3) is 2.30. The van der Waals surface area contributed by atoms with Crippen molar-refractivity contribution < 1.29 is 13.2 Å². The first kappa shape index (κ1) is 13.1. The van der Waals surface area contributed by atoms with Crippen LogP contribution in [-0.4, -0.2) is 15.7 Å². The Labute approximate surface area is 113 Å². The van der Waals surface area contributed by atoms with Crippen molar-refractivity contribution in [2.75, 3.05) is 0 Å². The first-order valence-electron chi connectivity index (χ1n) is 6.52. The van der Waals surface area contributed by atoms with Crippen molar-refractivity contribution >= 4 is 10.9 Å². The summed E-state index contributed by atoms with van der Waals surface area (Å²) < 4.78 is 39.3. The van der Waals surface area contributed by atoms with Crippen LogP contribution >= 0.6 is 0 Å². The third-order valence-corrected chi connectivity index (χ3v) is 3.67. The van der Waals surface area contributed by atoms with E-state index in [1.807, 2.05) is 0 Å². The van der Waals surface area contributed by atoms with Gasteiger partial charge in [-0.3, -0.25) is 9.36 Å². The number of fused-ring (bicyclic) bond motifs is 2. The number of benzene rings is 1. The highest BCUT2D eigenvalue weighted by Gasteiger charge is 2.36. The van der Waals surface area contributed by atoms with Crippen molar-refractivity contribution in [3.63, 3.8) is 0 Å². The number of alkyl halides is 3. The second-order valence-electron chi connectivity index (χ2n) is 5.10. The van der Waals surface area contributed by atoms with Gasteiger partial charge in [0.25, 0.3) is 5.56 Å². The third-order valence-electron chi connectivity index (χ3n) is 3.67. The standard InChI is InChI=1S/C14H13F3N2O/c15-14(16,17)8-9-4-3-7-19-12(9)18-11-6-2-1-5-10(11)13(19)20/h1-2,5-6,9H,3-4,7-8H2. The maximum absolute atomic E-state index is 12.6. The van der Waals surface area contributed by atoms with Crippen molar-refractivity contribution in [3.8, 4) is 0 Å². The van der Waals surface area contributed by atoms with Gasteiger partial charge in [-0.2, -0.15) is 13.2 Å². The summed E-state index contributed by atoms with van der Waals surface area (Å²) in [6.07, 6.45) is -4.16. The van der Waals surface area contributed by atoms with Gasteiger partial charge in [-0.05, 0) is 25.0 Å². The summed E-state index contributed by atoms with van der Waals surface area (Å²) in [5.74, 6) is -0.446. The fourth-order valence-electron chi connectivity index (χ4n) is 2.81. The van der Waals surface area contributed by atoms with Crippen LogP contribution in [-0.2, 0) is 6.54 Å². The topological polar surface area (TPSA) is 34.9 Å². The lowest BCUT2D eigenvalue weighted by molar-refractivity contribution is -0.140. The van der Waals surface area contributed by atoms with Crippen molar-refractivity contribution in [2.24, 2.45) is 0 Å². The van der Waals surface area contributed by atoms with Crippen LogP contribution in [0.4, 0.5) is 13.2 Å². The Bertz CT molecular complexity index is 706. The van der Waals surface area contributed by atoms with Gasteiger partial charge in [0.1, 0.15) is 5.82 Å². The second kappa shape index (κ2) is 4.61. The van der Waals surface area contributed by atoms with Gasteiger partial charge in [0, 0.05) is 12.5 Å². The molecule has 106 valence electrons. The van der Waals surface area contributed by atoms with Crippen LogP contribution in [0.5, 0.6) is 0 Å². The number of aromatic nitrogens is 2. The quantitative estimate of drug-likeness (QED) is 0.805. The van der Waals surface area contributed by atoms with E-state index >= 15 is 0 Å². The molecular formula is C14H13F3N2O. The normalized spacial score (nSPS) is 19.1. The molecule has 2 heterocycles. The zero-order valence-corrected chi connectivity index (χ0v) is 10.7. The van der Waals surface area contributed by atoms with E-state index in [9.17, 15) is 18.0 Å². The maximum atomic E-state index is 12.6. The molecule has 0 saturated carbocycles. The van der Waals surface area contributed by atoms with Gasteiger partial charge in [-0.25, -0.2) is 4.98 Å². The number of halogens is 3. The van der Waals surface area contributed by atoms with Gasteiger partial charge >= 0.3 is 6.18 Å². The van der Waals surface area contributed by atoms with E-state index in [-0.39, 0.29) is 11.4 Å². The molecule has 0 amide bonds. The summed E-state index contributed by atoms with van der Waals surface area (Å²) in [5, 5.41) is 0.462. The first-order chi connectivity index (χ1) is 9.46. The summed E-state index contributed by atoms with van der Waals surface area (Å²) in [6.45, 7) is 0.445. The minimum atomic E-state index is -4.24. The number of para-hydroxylation sites is 1. The zero-order valence-electron chi connectivity index (χ0n) is 10.7. The van der Waals surface area contributed by atoms with Gasteiger partial charge < -0.3 is 0 Å². The molecule has 1 aromatic heterocycles. The highest BCUT2D eigenvalue weighted by molar-refractivity contribution is 5.77. The smallest absolute Gasteiger partial charge is 0.296 e. The van der Waals surface area contributed by atoms with Crippen molar-refractivity contribution in [1.29, 1.82) is 0 Å². The van der Waals surface area contributed by atoms with Crippen LogP contribution in [0.15, 0.2) is 29.1 Å². The molecule has 1 aliphatic heterocycles. The Hall–Kier alpha value is -1.85. The number of hydrogen-bond acceptors (Lipinski definition) is 2. The SMILES string of the molecule is O=c1c2ccccc2nc2n1CCCC2CC(F)(F)F. The predicted molar refractivity (Wildman–Crippen MR) is 68.7 cm³/mol. The van der Waals surface area contributed by atoms with Crippen molar-refractivity contribution in [1.82, 2.24) is 9.55 Å². The molecule has 1 aliphatic rings. The fourth-order valence-corrected chi connectivity index (χ4v) is 2.81. The van der Waals surface area contributed by atoms with Crippen LogP contribution in [0.2, 0.25) is 0 Å². The number of hydrogen-bond donors (Lipinski definition) is 0.